The number of nitrogens with one attached hydrogen (secondary N) is 1. The number of methoxy groups -OCH3 is 1. The average Bonchev–Trinajstić information content (AvgIpc) is 2.33. The third-order valence-electron chi connectivity index (χ3n) is 2.41. The summed E-state index contributed by atoms with van der Waals surface area (Å²) in [7, 11) is 1.38. The van der Waals surface area contributed by atoms with Gasteiger partial charge in [0.2, 0.25) is 0 Å². The zero-order chi connectivity index (χ0) is 13.3. The molecule has 0 saturated heterocycles. The molecule has 1 aromatic heterocycles. The molecule has 0 saturated carbocycles. The molecule has 4 nitrogen and oxygen atoms in total. The van der Waals surface area contributed by atoms with Gasteiger partial charge in [0.05, 0.1) is 12.8 Å². The molecule has 0 bridgehead atoms. The van der Waals surface area contributed by atoms with Gasteiger partial charge in [-0.2, -0.15) is 0 Å². The summed E-state index contributed by atoms with van der Waals surface area (Å²) in [6.45, 7) is 1.63. The molecule has 18 heavy (non-hydrogen) atoms. The van der Waals surface area contributed by atoms with Crippen LogP contribution in [0.2, 0.25) is 5.02 Å². The number of halogens is 2. The highest BCUT2D eigenvalue weighted by atomic mass is 35.5. The minimum absolute atomic E-state index is 0.0647. The summed E-state index contributed by atoms with van der Waals surface area (Å²) in [6, 6.07) is 4.28. The van der Waals surface area contributed by atoms with Gasteiger partial charge in [-0.3, -0.25) is 4.79 Å². The molecule has 0 atom stereocenters. The lowest BCUT2D eigenvalue weighted by Gasteiger charge is -2.06. The lowest BCUT2D eigenvalue weighted by Crippen LogP contribution is -2.11. The van der Waals surface area contributed by atoms with Crippen molar-refractivity contribution < 1.29 is 9.13 Å². The third-order valence-corrected chi connectivity index (χ3v) is 2.76. The molecular weight excluding hydrogens is 259 g/mol. The van der Waals surface area contributed by atoms with E-state index in [2.05, 4.69) is 9.97 Å². The van der Waals surface area contributed by atoms with Crippen LogP contribution in [0.1, 0.15) is 5.82 Å². The maximum Gasteiger partial charge on any atom is 0.270 e. The van der Waals surface area contributed by atoms with E-state index in [0.717, 1.165) is 0 Å². The Labute approximate surface area is 107 Å². The van der Waals surface area contributed by atoms with Crippen LogP contribution < -0.4 is 10.3 Å². The van der Waals surface area contributed by atoms with E-state index in [-0.39, 0.29) is 16.5 Å². The van der Waals surface area contributed by atoms with Crippen molar-refractivity contribution >= 4 is 11.6 Å². The van der Waals surface area contributed by atoms with E-state index in [0.29, 0.717) is 11.4 Å². The quantitative estimate of drug-likeness (QED) is 0.911. The van der Waals surface area contributed by atoms with Gasteiger partial charge in [-0.1, -0.05) is 11.6 Å². The van der Waals surface area contributed by atoms with Crippen molar-refractivity contribution in [1.29, 1.82) is 0 Å². The second kappa shape index (κ2) is 4.78. The van der Waals surface area contributed by atoms with E-state index in [4.69, 9.17) is 16.3 Å². The van der Waals surface area contributed by atoms with Gasteiger partial charge in [0, 0.05) is 5.56 Å². The van der Waals surface area contributed by atoms with Crippen LogP contribution >= 0.6 is 11.6 Å². The number of hydrogen-bond acceptors (Lipinski definition) is 3. The molecule has 1 aromatic carbocycles. The second-order valence-corrected chi connectivity index (χ2v) is 4.04. The molecule has 94 valence electrons. The van der Waals surface area contributed by atoms with Crippen molar-refractivity contribution in [2.24, 2.45) is 0 Å². The van der Waals surface area contributed by atoms with Gasteiger partial charge in [-0.25, -0.2) is 9.37 Å². The standard InChI is InChI=1S/C12H10ClFN2O2/c1-6-15-11(10(13)12(17)16-6)7-3-4-9(18-2)8(14)5-7/h3-5H,1-2H3,(H,15,16,17). The summed E-state index contributed by atoms with van der Waals surface area (Å²) in [5.41, 5.74) is 0.224. The van der Waals surface area contributed by atoms with E-state index < -0.39 is 11.4 Å². The number of benzene rings is 1. The average molecular weight is 269 g/mol. The van der Waals surface area contributed by atoms with Gasteiger partial charge in [-0.05, 0) is 25.1 Å². The Morgan fingerprint density at radius 1 is 1.44 bits per heavy atom. The number of hydrogen-bond donors (Lipinski definition) is 1. The maximum atomic E-state index is 13.6. The number of aryl methyl sites for hydroxylation is 1. The molecule has 0 amide bonds. The Bertz CT molecular complexity index is 655. The molecular formula is C12H10ClFN2O2. The smallest absolute Gasteiger partial charge is 0.270 e. The van der Waals surface area contributed by atoms with Crippen molar-refractivity contribution in [3.8, 4) is 17.0 Å². The van der Waals surface area contributed by atoms with E-state index in [9.17, 15) is 9.18 Å². The molecule has 0 spiro atoms. The zero-order valence-electron chi connectivity index (χ0n) is 9.75. The summed E-state index contributed by atoms with van der Waals surface area (Å²) >= 11 is 5.87. The number of rotatable bonds is 2. The van der Waals surface area contributed by atoms with Gasteiger partial charge in [-0.15, -0.1) is 0 Å². The van der Waals surface area contributed by atoms with E-state index >= 15 is 0 Å². The molecule has 1 N–H and O–H groups in total. The molecule has 0 aliphatic rings. The minimum Gasteiger partial charge on any atom is -0.494 e. The number of aromatic nitrogens is 2. The first-order chi connectivity index (χ1) is 8.52. The number of ether oxygens (including phenoxy) is 1. The van der Waals surface area contributed by atoms with Crippen molar-refractivity contribution in [2.45, 2.75) is 6.92 Å². The van der Waals surface area contributed by atoms with E-state index in [1.165, 1.54) is 19.2 Å². The van der Waals surface area contributed by atoms with Crippen LogP contribution in [0.25, 0.3) is 11.3 Å². The molecule has 0 aliphatic carbocycles. The van der Waals surface area contributed by atoms with Crippen LogP contribution in [0, 0.1) is 12.7 Å². The topological polar surface area (TPSA) is 55.0 Å². The fraction of sp³-hybridized carbons (Fsp3) is 0.167. The minimum atomic E-state index is -0.536. The number of aromatic amines is 1. The second-order valence-electron chi connectivity index (χ2n) is 3.66. The Hall–Kier alpha value is -1.88. The van der Waals surface area contributed by atoms with Crippen molar-refractivity contribution in [1.82, 2.24) is 9.97 Å². The lowest BCUT2D eigenvalue weighted by molar-refractivity contribution is 0.386. The predicted octanol–water partition coefficient (Wildman–Crippen LogP) is 2.55. The summed E-state index contributed by atoms with van der Waals surface area (Å²) in [5.74, 6) is -0.00198. The number of nitrogens with zero attached hydrogens (tertiary/aromatic N) is 1. The molecule has 1 heterocycles. The summed E-state index contributed by atoms with van der Waals surface area (Å²) in [6.07, 6.45) is 0. The highest BCUT2D eigenvalue weighted by molar-refractivity contribution is 6.32. The van der Waals surface area contributed by atoms with E-state index in [1.54, 1.807) is 13.0 Å². The molecule has 6 heteroatoms. The summed E-state index contributed by atoms with van der Waals surface area (Å²) in [4.78, 5) is 18.1. The Balaban J connectivity index is 2.62. The van der Waals surface area contributed by atoms with Crippen LogP contribution in [-0.2, 0) is 0 Å². The van der Waals surface area contributed by atoms with Crippen LogP contribution in [-0.4, -0.2) is 17.1 Å². The first-order valence-corrected chi connectivity index (χ1v) is 5.51. The largest absolute Gasteiger partial charge is 0.494 e. The highest BCUT2D eigenvalue weighted by Crippen LogP contribution is 2.27. The van der Waals surface area contributed by atoms with E-state index in [1.807, 2.05) is 0 Å². The van der Waals surface area contributed by atoms with Crippen LogP contribution in [0.4, 0.5) is 4.39 Å². The Morgan fingerprint density at radius 2 is 2.17 bits per heavy atom. The van der Waals surface area contributed by atoms with Gasteiger partial charge in [0.25, 0.3) is 5.56 Å². The summed E-state index contributed by atoms with van der Waals surface area (Å²) < 4.78 is 18.4. The zero-order valence-corrected chi connectivity index (χ0v) is 10.5. The van der Waals surface area contributed by atoms with Crippen LogP contribution in [0.3, 0.4) is 0 Å². The van der Waals surface area contributed by atoms with Crippen LogP contribution in [0.5, 0.6) is 5.75 Å². The molecule has 2 aromatic rings. The lowest BCUT2D eigenvalue weighted by atomic mass is 10.1. The summed E-state index contributed by atoms with van der Waals surface area (Å²) in [5, 5.41) is -0.0647. The fourth-order valence-corrected chi connectivity index (χ4v) is 1.78. The monoisotopic (exact) mass is 268 g/mol. The highest BCUT2D eigenvalue weighted by Gasteiger charge is 2.12. The van der Waals surface area contributed by atoms with Crippen molar-refractivity contribution in [2.75, 3.05) is 7.11 Å². The SMILES string of the molecule is COc1ccc(-c2nc(C)[nH]c(=O)c2Cl)cc1F. The number of H-pyrrole nitrogens is 1. The van der Waals surface area contributed by atoms with Gasteiger partial charge >= 0.3 is 0 Å². The molecule has 0 fully saturated rings. The molecule has 0 unspecified atom stereocenters. The van der Waals surface area contributed by atoms with Gasteiger partial charge in [0.1, 0.15) is 10.8 Å². The molecule has 0 radical (unpaired) electrons. The fourth-order valence-electron chi connectivity index (χ4n) is 1.58. The first kappa shape index (κ1) is 12.6. The maximum absolute atomic E-state index is 13.6. The van der Waals surface area contributed by atoms with Crippen molar-refractivity contribution in [3.63, 3.8) is 0 Å². The third kappa shape index (κ3) is 2.22. The van der Waals surface area contributed by atoms with Gasteiger partial charge in [0.15, 0.2) is 11.6 Å². The first-order valence-electron chi connectivity index (χ1n) is 5.13. The normalized spacial score (nSPS) is 10.4. The molecule has 0 aliphatic heterocycles. The Morgan fingerprint density at radius 3 is 2.78 bits per heavy atom. The predicted molar refractivity (Wildman–Crippen MR) is 66.6 cm³/mol. The van der Waals surface area contributed by atoms with Gasteiger partial charge < -0.3 is 9.72 Å². The Kier molecular flexibility index (Phi) is 3.34. The molecule has 2 rings (SSSR count). The van der Waals surface area contributed by atoms with Crippen LogP contribution in [0.15, 0.2) is 23.0 Å². The van der Waals surface area contributed by atoms with Crippen molar-refractivity contribution in [3.05, 3.63) is 45.2 Å².